The van der Waals surface area contributed by atoms with Crippen molar-refractivity contribution < 1.29 is 14.4 Å². The summed E-state index contributed by atoms with van der Waals surface area (Å²) in [5.74, 6) is -0.174. The Morgan fingerprint density at radius 3 is 2.62 bits per heavy atom. The second-order valence-electron chi connectivity index (χ2n) is 7.66. The number of hydroxylamine groups is 2. The van der Waals surface area contributed by atoms with Crippen LogP contribution >= 0.6 is 0 Å². The third-order valence-corrected chi connectivity index (χ3v) is 9.64. The number of hydrogen-bond acceptors (Lipinski definition) is 3. The van der Waals surface area contributed by atoms with Gasteiger partial charge in [-0.1, -0.05) is 26.8 Å². The number of amides is 1. The van der Waals surface area contributed by atoms with Gasteiger partial charge in [-0.2, -0.15) is 0 Å². The molecule has 4 nitrogen and oxygen atoms in total. The summed E-state index contributed by atoms with van der Waals surface area (Å²) in [7, 11) is -1.80. The van der Waals surface area contributed by atoms with E-state index in [2.05, 4.69) is 40.4 Å². The number of carbonyl (C=O) groups is 1. The standard InChI is InChI=1S/C16H31NO3Si/c1-7-9-16(10-8-12-17(19)14(16)18)11-13-20-21(5,6)15(2,3)4/h7,19H,1,8-13H2,2-6H3/t16-/m1/s1. The molecular weight excluding hydrogens is 282 g/mol. The lowest BCUT2D eigenvalue weighted by Gasteiger charge is -2.40. The van der Waals surface area contributed by atoms with Gasteiger partial charge in [0.25, 0.3) is 5.91 Å². The smallest absolute Gasteiger partial charge is 0.252 e. The SMILES string of the molecule is C=CC[C@]1(CCO[Si](C)(C)C(C)(C)C)CCCN(O)C1=O. The zero-order valence-electron chi connectivity index (χ0n) is 14.2. The second-order valence-corrected chi connectivity index (χ2v) is 12.5. The fraction of sp³-hybridized carbons (Fsp3) is 0.812. The zero-order chi connectivity index (χ0) is 16.3. The maximum Gasteiger partial charge on any atom is 0.252 e. The molecule has 1 fully saturated rings. The van der Waals surface area contributed by atoms with Crippen LogP contribution in [0.4, 0.5) is 0 Å². The Morgan fingerprint density at radius 2 is 2.10 bits per heavy atom. The molecule has 0 saturated carbocycles. The van der Waals surface area contributed by atoms with Crippen molar-refractivity contribution in [1.29, 1.82) is 0 Å². The molecule has 1 N–H and O–H groups in total. The normalized spacial score (nSPS) is 24.3. The molecule has 1 saturated heterocycles. The van der Waals surface area contributed by atoms with Crippen molar-refractivity contribution in [3.05, 3.63) is 12.7 Å². The summed E-state index contributed by atoms with van der Waals surface area (Å²) in [5, 5.41) is 10.8. The van der Waals surface area contributed by atoms with E-state index in [9.17, 15) is 10.0 Å². The van der Waals surface area contributed by atoms with Crippen LogP contribution in [-0.4, -0.2) is 37.6 Å². The van der Waals surface area contributed by atoms with Gasteiger partial charge in [-0.25, -0.2) is 5.06 Å². The highest BCUT2D eigenvalue weighted by molar-refractivity contribution is 6.74. The minimum absolute atomic E-state index is 0.165. The van der Waals surface area contributed by atoms with Gasteiger partial charge in [0.05, 0.1) is 5.41 Å². The van der Waals surface area contributed by atoms with E-state index in [4.69, 9.17) is 4.43 Å². The maximum atomic E-state index is 12.4. The first-order valence-electron chi connectivity index (χ1n) is 7.81. The van der Waals surface area contributed by atoms with Gasteiger partial charge in [-0.15, -0.1) is 6.58 Å². The summed E-state index contributed by atoms with van der Waals surface area (Å²) in [4.78, 5) is 12.4. The topological polar surface area (TPSA) is 49.8 Å². The highest BCUT2D eigenvalue weighted by Gasteiger charge is 2.43. The van der Waals surface area contributed by atoms with Crippen molar-refractivity contribution in [2.24, 2.45) is 5.41 Å². The van der Waals surface area contributed by atoms with Gasteiger partial charge in [0, 0.05) is 13.2 Å². The van der Waals surface area contributed by atoms with Crippen molar-refractivity contribution in [1.82, 2.24) is 5.06 Å². The Kier molecular flexibility index (Phi) is 5.81. The lowest BCUT2D eigenvalue weighted by atomic mass is 9.74. The molecule has 0 unspecified atom stereocenters. The van der Waals surface area contributed by atoms with Crippen LogP contribution in [0.2, 0.25) is 18.1 Å². The van der Waals surface area contributed by atoms with E-state index in [0.717, 1.165) is 17.9 Å². The molecule has 1 rings (SSSR count). The Labute approximate surface area is 130 Å². The number of rotatable bonds is 6. The van der Waals surface area contributed by atoms with Crippen molar-refractivity contribution in [3.8, 4) is 0 Å². The molecule has 0 aromatic rings. The average Bonchev–Trinajstić information content (AvgIpc) is 2.34. The van der Waals surface area contributed by atoms with Gasteiger partial charge in [0.2, 0.25) is 0 Å². The molecule has 1 amide bonds. The Hall–Kier alpha value is -0.653. The third-order valence-electron chi connectivity index (χ3n) is 5.10. The average molecular weight is 314 g/mol. The quantitative estimate of drug-likeness (QED) is 0.458. The van der Waals surface area contributed by atoms with Crippen LogP contribution in [0.15, 0.2) is 12.7 Å². The van der Waals surface area contributed by atoms with Crippen LogP contribution in [0.25, 0.3) is 0 Å². The van der Waals surface area contributed by atoms with Crippen molar-refractivity contribution in [3.63, 3.8) is 0 Å². The van der Waals surface area contributed by atoms with E-state index in [-0.39, 0.29) is 10.9 Å². The summed E-state index contributed by atoms with van der Waals surface area (Å²) in [6.07, 6.45) is 4.67. The van der Waals surface area contributed by atoms with Gasteiger partial charge in [-0.3, -0.25) is 10.0 Å². The Morgan fingerprint density at radius 1 is 1.48 bits per heavy atom. The van der Waals surface area contributed by atoms with Crippen LogP contribution in [0.1, 0.15) is 46.5 Å². The maximum absolute atomic E-state index is 12.4. The molecule has 0 radical (unpaired) electrons. The molecule has 0 aliphatic carbocycles. The van der Waals surface area contributed by atoms with E-state index in [1.165, 1.54) is 0 Å². The molecule has 1 aliphatic heterocycles. The number of allylic oxidation sites excluding steroid dienone is 1. The van der Waals surface area contributed by atoms with Crippen LogP contribution in [0, 0.1) is 5.41 Å². The van der Waals surface area contributed by atoms with Gasteiger partial charge in [0.15, 0.2) is 8.32 Å². The van der Waals surface area contributed by atoms with Gasteiger partial charge in [0.1, 0.15) is 0 Å². The first-order valence-corrected chi connectivity index (χ1v) is 10.7. The molecular formula is C16H31NO3Si. The van der Waals surface area contributed by atoms with E-state index in [1.807, 2.05) is 0 Å². The zero-order valence-corrected chi connectivity index (χ0v) is 15.2. The van der Waals surface area contributed by atoms with E-state index >= 15 is 0 Å². The number of piperidine rings is 1. The minimum Gasteiger partial charge on any atom is -0.417 e. The monoisotopic (exact) mass is 313 g/mol. The Bertz CT molecular complexity index is 389. The highest BCUT2D eigenvalue weighted by Crippen LogP contribution is 2.40. The molecule has 0 aromatic carbocycles. The van der Waals surface area contributed by atoms with E-state index in [0.29, 0.717) is 26.0 Å². The third kappa shape index (κ3) is 4.17. The van der Waals surface area contributed by atoms with Crippen molar-refractivity contribution in [2.75, 3.05) is 13.2 Å². The summed E-state index contributed by atoms with van der Waals surface area (Å²) < 4.78 is 6.20. The van der Waals surface area contributed by atoms with E-state index in [1.54, 1.807) is 6.08 Å². The lowest BCUT2D eigenvalue weighted by molar-refractivity contribution is -0.186. The minimum atomic E-state index is -1.80. The summed E-state index contributed by atoms with van der Waals surface area (Å²) >= 11 is 0. The van der Waals surface area contributed by atoms with Crippen LogP contribution in [0.5, 0.6) is 0 Å². The largest absolute Gasteiger partial charge is 0.417 e. The fourth-order valence-electron chi connectivity index (χ4n) is 2.57. The van der Waals surface area contributed by atoms with Crippen LogP contribution < -0.4 is 0 Å². The Balaban J connectivity index is 2.72. The molecule has 0 bridgehead atoms. The molecule has 21 heavy (non-hydrogen) atoms. The molecule has 1 aliphatic rings. The molecule has 0 aromatic heterocycles. The van der Waals surface area contributed by atoms with Crippen LogP contribution in [0.3, 0.4) is 0 Å². The number of hydrogen-bond donors (Lipinski definition) is 1. The summed E-state index contributed by atoms with van der Waals surface area (Å²) in [6, 6.07) is 0. The molecule has 1 atom stereocenters. The predicted octanol–water partition coefficient (Wildman–Crippen LogP) is 3.97. The lowest BCUT2D eigenvalue weighted by Crippen LogP contribution is -2.48. The van der Waals surface area contributed by atoms with Gasteiger partial charge < -0.3 is 4.43 Å². The summed E-state index contributed by atoms with van der Waals surface area (Å²) in [5.41, 5.74) is -0.531. The summed E-state index contributed by atoms with van der Waals surface area (Å²) in [6.45, 7) is 15.8. The van der Waals surface area contributed by atoms with E-state index < -0.39 is 13.7 Å². The first kappa shape index (κ1) is 18.4. The first-order chi connectivity index (χ1) is 9.56. The van der Waals surface area contributed by atoms with Crippen LogP contribution in [-0.2, 0) is 9.22 Å². The fourth-order valence-corrected chi connectivity index (χ4v) is 3.61. The molecule has 0 spiro atoms. The van der Waals surface area contributed by atoms with Crippen molar-refractivity contribution in [2.45, 2.75) is 64.6 Å². The predicted molar refractivity (Wildman–Crippen MR) is 87.7 cm³/mol. The van der Waals surface area contributed by atoms with Gasteiger partial charge >= 0.3 is 0 Å². The second kappa shape index (κ2) is 6.63. The molecule has 1 heterocycles. The number of nitrogens with zero attached hydrogens (tertiary/aromatic N) is 1. The number of carbonyl (C=O) groups excluding carboxylic acids is 1. The molecule has 122 valence electrons. The van der Waals surface area contributed by atoms with Crippen molar-refractivity contribution >= 4 is 14.2 Å². The van der Waals surface area contributed by atoms with Gasteiger partial charge in [-0.05, 0) is 43.8 Å². The molecule has 5 heteroatoms. The highest BCUT2D eigenvalue weighted by atomic mass is 28.4.